The summed E-state index contributed by atoms with van der Waals surface area (Å²) in [7, 11) is 0. The van der Waals surface area contributed by atoms with Crippen molar-refractivity contribution in [3.8, 4) is 0 Å². The van der Waals surface area contributed by atoms with Gasteiger partial charge in [-0.25, -0.2) is 8.78 Å². The van der Waals surface area contributed by atoms with Crippen LogP contribution in [0.25, 0.3) is 0 Å². The largest absolute Gasteiger partial charge is 0.310 e. The molecule has 0 fully saturated rings. The quantitative estimate of drug-likeness (QED) is 0.747. The van der Waals surface area contributed by atoms with E-state index in [9.17, 15) is 8.78 Å². The Hall–Kier alpha value is -1.01. The summed E-state index contributed by atoms with van der Waals surface area (Å²) in [5.41, 5.74) is 1.94. The van der Waals surface area contributed by atoms with Crippen molar-refractivity contribution in [1.82, 2.24) is 5.32 Å². The molecule has 0 saturated heterocycles. The fourth-order valence-electron chi connectivity index (χ4n) is 2.18. The maximum absolute atomic E-state index is 13.3. The topological polar surface area (TPSA) is 12.0 Å². The molecule has 0 aromatic heterocycles. The van der Waals surface area contributed by atoms with E-state index in [1.165, 1.54) is 12.1 Å². The zero-order valence-electron chi connectivity index (χ0n) is 11.2. The Morgan fingerprint density at radius 3 is 2.55 bits per heavy atom. The number of likely N-dealkylation sites (N-methyl/N-ethyl adjacent to an activating group) is 1. The van der Waals surface area contributed by atoms with E-state index in [-0.39, 0.29) is 6.04 Å². The summed E-state index contributed by atoms with van der Waals surface area (Å²) in [6, 6.07) is 12.4. The number of nitrogens with one attached hydrogen (secondary N) is 1. The van der Waals surface area contributed by atoms with E-state index in [4.69, 9.17) is 0 Å². The van der Waals surface area contributed by atoms with Crippen LogP contribution >= 0.6 is 22.6 Å². The summed E-state index contributed by atoms with van der Waals surface area (Å²) in [4.78, 5) is 0. The lowest BCUT2D eigenvalue weighted by molar-refractivity contribution is 0.502. The van der Waals surface area contributed by atoms with Gasteiger partial charge in [-0.2, -0.15) is 0 Å². The van der Waals surface area contributed by atoms with Gasteiger partial charge in [0.25, 0.3) is 0 Å². The summed E-state index contributed by atoms with van der Waals surface area (Å²) < 4.78 is 27.4. The predicted octanol–water partition coefficient (Wildman–Crippen LogP) is 4.46. The van der Waals surface area contributed by atoms with Crippen molar-refractivity contribution in [2.24, 2.45) is 0 Å². The van der Waals surface area contributed by atoms with E-state index in [0.717, 1.165) is 21.2 Å². The van der Waals surface area contributed by atoms with Gasteiger partial charge in [0.2, 0.25) is 0 Å². The first-order chi connectivity index (χ1) is 9.60. The normalized spacial score (nSPS) is 12.4. The third kappa shape index (κ3) is 3.99. The van der Waals surface area contributed by atoms with Crippen LogP contribution in [0, 0.1) is 15.2 Å². The van der Waals surface area contributed by atoms with Gasteiger partial charge < -0.3 is 5.32 Å². The van der Waals surface area contributed by atoms with Gasteiger partial charge in [-0.15, -0.1) is 0 Å². The van der Waals surface area contributed by atoms with E-state index >= 15 is 0 Å². The average Bonchev–Trinajstić information content (AvgIpc) is 2.42. The van der Waals surface area contributed by atoms with Crippen LogP contribution in [-0.4, -0.2) is 6.54 Å². The molecule has 0 aliphatic rings. The lowest BCUT2D eigenvalue weighted by Crippen LogP contribution is -2.23. The minimum absolute atomic E-state index is 0.0968. The molecule has 2 aromatic carbocycles. The van der Waals surface area contributed by atoms with Gasteiger partial charge in [-0.05, 0) is 70.9 Å². The number of hydrogen-bond acceptors (Lipinski definition) is 1. The van der Waals surface area contributed by atoms with Crippen LogP contribution in [-0.2, 0) is 6.42 Å². The molecule has 0 amide bonds. The lowest BCUT2D eigenvalue weighted by atomic mass is 9.99. The molecule has 1 N–H and O–H groups in total. The standard InChI is InChI=1S/C16H16F2IN/c1-2-20-16(12-4-3-5-13(19)10-12)9-11-6-7-14(17)15(18)8-11/h3-8,10,16,20H,2,9H2,1H3. The number of halogens is 3. The SMILES string of the molecule is CCNC(Cc1ccc(F)c(F)c1)c1cccc(I)c1. The highest BCUT2D eigenvalue weighted by molar-refractivity contribution is 14.1. The van der Waals surface area contributed by atoms with Crippen LogP contribution < -0.4 is 5.32 Å². The molecule has 0 spiro atoms. The van der Waals surface area contributed by atoms with E-state index in [1.807, 2.05) is 19.1 Å². The average molecular weight is 387 g/mol. The predicted molar refractivity (Wildman–Crippen MR) is 85.6 cm³/mol. The molecule has 1 nitrogen and oxygen atoms in total. The highest BCUT2D eigenvalue weighted by Gasteiger charge is 2.13. The monoisotopic (exact) mass is 387 g/mol. The Labute approximate surface area is 131 Å². The van der Waals surface area contributed by atoms with E-state index in [0.29, 0.717) is 6.42 Å². The first-order valence-corrected chi connectivity index (χ1v) is 7.60. The van der Waals surface area contributed by atoms with E-state index < -0.39 is 11.6 Å². The smallest absolute Gasteiger partial charge is 0.159 e. The van der Waals surface area contributed by atoms with Gasteiger partial charge in [-0.3, -0.25) is 0 Å². The van der Waals surface area contributed by atoms with Crippen molar-refractivity contribution in [2.45, 2.75) is 19.4 Å². The number of hydrogen-bond donors (Lipinski definition) is 1. The molecule has 0 heterocycles. The van der Waals surface area contributed by atoms with Crippen LogP contribution in [0.3, 0.4) is 0 Å². The maximum atomic E-state index is 13.3. The minimum atomic E-state index is -0.803. The zero-order chi connectivity index (χ0) is 14.5. The third-order valence-corrected chi connectivity index (χ3v) is 3.80. The molecule has 0 bridgehead atoms. The Morgan fingerprint density at radius 1 is 1.10 bits per heavy atom. The van der Waals surface area contributed by atoms with Crippen LogP contribution in [0.1, 0.15) is 24.1 Å². The highest BCUT2D eigenvalue weighted by atomic mass is 127. The van der Waals surface area contributed by atoms with E-state index in [2.05, 4.69) is 40.0 Å². The van der Waals surface area contributed by atoms with Gasteiger partial charge in [0, 0.05) is 9.61 Å². The van der Waals surface area contributed by atoms with Gasteiger partial charge in [-0.1, -0.05) is 25.1 Å². The van der Waals surface area contributed by atoms with Crippen molar-refractivity contribution in [3.05, 3.63) is 68.8 Å². The minimum Gasteiger partial charge on any atom is -0.310 e. The lowest BCUT2D eigenvalue weighted by Gasteiger charge is -2.19. The molecular formula is C16H16F2IN. The fraction of sp³-hybridized carbons (Fsp3) is 0.250. The van der Waals surface area contributed by atoms with Gasteiger partial charge in [0.05, 0.1) is 0 Å². The molecule has 0 aliphatic carbocycles. The van der Waals surface area contributed by atoms with Crippen molar-refractivity contribution in [1.29, 1.82) is 0 Å². The molecule has 4 heteroatoms. The zero-order valence-corrected chi connectivity index (χ0v) is 13.3. The molecule has 0 radical (unpaired) electrons. The van der Waals surface area contributed by atoms with Gasteiger partial charge in [0.15, 0.2) is 11.6 Å². The molecule has 106 valence electrons. The van der Waals surface area contributed by atoms with Crippen LogP contribution in [0.4, 0.5) is 8.78 Å². The number of rotatable bonds is 5. The fourth-order valence-corrected chi connectivity index (χ4v) is 2.75. The van der Waals surface area contributed by atoms with Crippen molar-refractivity contribution < 1.29 is 8.78 Å². The Morgan fingerprint density at radius 2 is 1.90 bits per heavy atom. The van der Waals surface area contributed by atoms with Crippen LogP contribution in [0.5, 0.6) is 0 Å². The second-order valence-electron chi connectivity index (χ2n) is 4.62. The number of benzene rings is 2. The molecule has 1 atom stereocenters. The van der Waals surface area contributed by atoms with Crippen molar-refractivity contribution >= 4 is 22.6 Å². The molecular weight excluding hydrogens is 371 g/mol. The van der Waals surface area contributed by atoms with Crippen LogP contribution in [0.15, 0.2) is 42.5 Å². The summed E-state index contributed by atoms with van der Waals surface area (Å²) in [5.74, 6) is -1.59. The Kier molecular flexibility index (Phi) is 5.48. The van der Waals surface area contributed by atoms with E-state index in [1.54, 1.807) is 6.07 Å². The third-order valence-electron chi connectivity index (χ3n) is 3.13. The summed E-state index contributed by atoms with van der Waals surface area (Å²) in [6.07, 6.45) is 0.630. The molecule has 2 aromatic rings. The Bertz CT molecular complexity index is 586. The van der Waals surface area contributed by atoms with Crippen LogP contribution in [0.2, 0.25) is 0 Å². The molecule has 2 rings (SSSR count). The second-order valence-corrected chi connectivity index (χ2v) is 5.86. The van der Waals surface area contributed by atoms with Gasteiger partial charge in [0.1, 0.15) is 0 Å². The highest BCUT2D eigenvalue weighted by Crippen LogP contribution is 2.21. The molecule has 20 heavy (non-hydrogen) atoms. The summed E-state index contributed by atoms with van der Waals surface area (Å²) >= 11 is 2.27. The molecule has 1 unspecified atom stereocenters. The maximum Gasteiger partial charge on any atom is 0.159 e. The first-order valence-electron chi connectivity index (χ1n) is 6.53. The Balaban J connectivity index is 2.22. The van der Waals surface area contributed by atoms with Crippen molar-refractivity contribution in [2.75, 3.05) is 6.54 Å². The summed E-state index contributed by atoms with van der Waals surface area (Å²) in [6.45, 7) is 2.85. The molecule has 0 saturated carbocycles. The summed E-state index contributed by atoms with van der Waals surface area (Å²) in [5, 5.41) is 3.39. The molecule has 0 aliphatic heterocycles. The van der Waals surface area contributed by atoms with Gasteiger partial charge >= 0.3 is 0 Å². The van der Waals surface area contributed by atoms with Crippen molar-refractivity contribution in [3.63, 3.8) is 0 Å². The first kappa shape index (κ1) is 15.4. The second kappa shape index (κ2) is 7.13.